The molecular weight excluding hydrogens is 346 g/mol. The molecule has 0 aliphatic carbocycles. The van der Waals surface area contributed by atoms with E-state index in [0.29, 0.717) is 11.9 Å². The second-order valence-corrected chi connectivity index (χ2v) is 7.13. The van der Waals surface area contributed by atoms with Crippen molar-refractivity contribution in [3.05, 3.63) is 70.5 Å². The number of anilines is 3. The number of aromatic nitrogens is 3. The van der Waals surface area contributed by atoms with Crippen LogP contribution in [0, 0.1) is 20.8 Å². The molecule has 2 aromatic carbocycles. The minimum Gasteiger partial charge on any atom is -0.337 e. The number of nitrogens with zero attached hydrogens (tertiary/aromatic N) is 4. The zero-order valence-corrected chi connectivity index (χ0v) is 17.5. The summed E-state index contributed by atoms with van der Waals surface area (Å²) in [6, 6.07) is 14.8. The first-order valence-corrected chi connectivity index (χ1v) is 9.88. The maximum Gasteiger partial charge on any atom is 0.232 e. The first-order chi connectivity index (χ1) is 13.5. The van der Waals surface area contributed by atoms with Gasteiger partial charge >= 0.3 is 0 Å². The van der Waals surface area contributed by atoms with Crippen LogP contribution in [0.2, 0.25) is 0 Å². The molecule has 0 saturated heterocycles. The molecule has 5 heteroatoms. The first kappa shape index (κ1) is 19.8. The van der Waals surface area contributed by atoms with Gasteiger partial charge in [0.25, 0.3) is 0 Å². The maximum absolute atomic E-state index is 4.74. The van der Waals surface area contributed by atoms with Crippen LogP contribution in [-0.4, -0.2) is 21.5 Å². The molecule has 0 unspecified atom stereocenters. The second-order valence-electron chi connectivity index (χ2n) is 7.13. The van der Waals surface area contributed by atoms with E-state index in [4.69, 9.17) is 4.98 Å². The van der Waals surface area contributed by atoms with Gasteiger partial charge < -0.3 is 10.2 Å². The Kier molecular flexibility index (Phi) is 6.24. The van der Waals surface area contributed by atoms with Crippen LogP contribution in [0.4, 0.5) is 17.6 Å². The van der Waals surface area contributed by atoms with E-state index in [-0.39, 0.29) is 0 Å². The van der Waals surface area contributed by atoms with Gasteiger partial charge in [0.05, 0.1) is 0 Å². The van der Waals surface area contributed by atoms with E-state index in [1.807, 2.05) is 6.07 Å². The van der Waals surface area contributed by atoms with Crippen LogP contribution in [0.5, 0.6) is 0 Å². The lowest BCUT2D eigenvalue weighted by atomic mass is 10.1. The summed E-state index contributed by atoms with van der Waals surface area (Å²) in [7, 11) is 0. The van der Waals surface area contributed by atoms with E-state index in [1.165, 1.54) is 22.3 Å². The van der Waals surface area contributed by atoms with E-state index >= 15 is 0 Å². The van der Waals surface area contributed by atoms with Crippen molar-refractivity contribution in [2.45, 2.75) is 47.6 Å². The summed E-state index contributed by atoms with van der Waals surface area (Å²) in [6.45, 7) is 12.1. The third-order valence-electron chi connectivity index (χ3n) is 4.78. The molecule has 0 atom stereocenters. The lowest BCUT2D eigenvalue weighted by Crippen LogP contribution is -2.25. The van der Waals surface area contributed by atoms with Gasteiger partial charge in [-0.3, -0.25) is 0 Å². The van der Waals surface area contributed by atoms with Gasteiger partial charge in [0, 0.05) is 25.2 Å². The number of nitrogens with one attached hydrogen (secondary N) is 1. The van der Waals surface area contributed by atoms with Gasteiger partial charge in [-0.1, -0.05) is 55.0 Å². The summed E-state index contributed by atoms with van der Waals surface area (Å²) in [5.41, 5.74) is 5.94. The standard InChI is InChI=1S/C23H29N5/c1-6-20-24-22(26-21-17(4)13-16(3)14-18(21)5)27-23(25-20)28(7-2)15-19-11-9-8-10-12-19/h8-14H,6-7,15H2,1-5H3,(H,24,25,26,27). The molecule has 1 aromatic heterocycles. The minimum absolute atomic E-state index is 0.600. The molecule has 28 heavy (non-hydrogen) atoms. The Morgan fingerprint density at radius 1 is 0.893 bits per heavy atom. The molecule has 1 heterocycles. The van der Waals surface area contributed by atoms with Gasteiger partial charge in [0.2, 0.25) is 11.9 Å². The average Bonchev–Trinajstić information content (AvgIpc) is 2.69. The molecule has 0 saturated carbocycles. The number of aryl methyl sites for hydroxylation is 4. The van der Waals surface area contributed by atoms with Gasteiger partial charge in [-0.15, -0.1) is 0 Å². The molecule has 0 bridgehead atoms. The van der Waals surface area contributed by atoms with Gasteiger partial charge in [0.1, 0.15) is 5.82 Å². The summed E-state index contributed by atoms with van der Waals surface area (Å²) < 4.78 is 0. The normalized spacial score (nSPS) is 10.8. The van der Waals surface area contributed by atoms with Gasteiger partial charge in [-0.05, 0) is 44.4 Å². The highest BCUT2D eigenvalue weighted by Crippen LogP contribution is 2.25. The summed E-state index contributed by atoms with van der Waals surface area (Å²) in [6.07, 6.45) is 0.763. The molecule has 0 spiro atoms. The summed E-state index contributed by atoms with van der Waals surface area (Å²) in [5, 5.41) is 3.44. The third kappa shape index (κ3) is 4.66. The fourth-order valence-corrected chi connectivity index (χ4v) is 3.38. The SMILES string of the molecule is CCc1nc(Nc2c(C)cc(C)cc2C)nc(N(CC)Cc2ccccc2)n1. The van der Waals surface area contributed by atoms with Crippen LogP contribution in [0.3, 0.4) is 0 Å². The van der Waals surface area contributed by atoms with Crippen molar-refractivity contribution < 1.29 is 0 Å². The molecule has 1 N–H and O–H groups in total. The second kappa shape index (κ2) is 8.83. The number of hydrogen-bond acceptors (Lipinski definition) is 5. The molecule has 0 aliphatic rings. The van der Waals surface area contributed by atoms with Crippen molar-refractivity contribution in [3.63, 3.8) is 0 Å². The van der Waals surface area contributed by atoms with Gasteiger partial charge in [-0.25, -0.2) is 0 Å². The van der Waals surface area contributed by atoms with Crippen LogP contribution >= 0.6 is 0 Å². The van der Waals surface area contributed by atoms with Crippen LogP contribution in [0.15, 0.2) is 42.5 Å². The molecule has 3 rings (SSSR count). The monoisotopic (exact) mass is 375 g/mol. The third-order valence-corrected chi connectivity index (χ3v) is 4.78. The van der Waals surface area contributed by atoms with Crippen molar-refractivity contribution in [1.82, 2.24) is 15.0 Å². The Labute approximate surface area is 167 Å². The Morgan fingerprint density at radius 3 is 2.18 bits per heavy atom. The molecule has 0 fully saturated rings. The van der Waals surface area contributed by atoms with Crippen molar-refractivity contribution in [1.29, 1.82) is 0 Å². The predicted octanol–water partition coefficient (Wildman–Crippen LogP) is 5.13. The maximum atomic E-state index is 4.74. The van der Waals surface area contributed by atoms with Gasteiger partial charge in [-0.2, -0.15) is 15.0 Å². The number of rotatable bonds is 7. The molecule has 0 aliphatic heterocycles. The Bertz CT molecular complexity index is 914. The average molecular weight is 376 g/mol. The minimum atomic E-state index is 0.600. The van der Waals surface area contributed by atoms with Crippen LogP contribution in [-0.2, 0) is 13.0 Å². The van der Waals surface area contributed by atoms with Crippen LogP contribution in [0.25, 0.3) is 0 Å². The molecule has 0 amide bonds. The van der Waals surface area contributed by atoms with Crippen LogP contribution < -0.4 is 10.2 Å². The molecule has 0 radical (unpaired) electrons. The molecule has 5 nitrogen and oxygen atoms in total. The van der Waals surface area contributed by atoms with E-state index < -0.39 is 0 Å². The van der Waals surface area contributed by atoms with E-state index in [2.05, 4.69) is 91.2 Å². The molecule has 3 aromatic rings. The van der Waals surface area contributed by atoms with E-state index in [1.54, 1.807) is 0 Å². The summed E-state index contributed by atoms with van der Waals surface area (Å²) in [4.78, 5) is 16.2. The number of benzene rings is 2. The van der Waals surface area contributed by atoms with Crippen molar-refractivity contribution in [2.24, 2.45) is 0 Å². The van der Waals surface area contributed by atoms with Crippen LogP contribution in [0.1, 0.15) is 41.9 Å². The Hall–Kier alpha value is -2.95. The highest BCUT2D eigenvalue weighted by molar-refractivity contribution is 5.64. The summed E-state index contributed by atoms with van der Waals surface area (Å²) in [5.74, 6) is 2.10. The highest BCUT2D eigenvalue weighted by atomic mass is 15.3. The summed E-state index contributed by atoms with van der Waals surface area (Å²) >= 11 is 0. The quantitative estimate of drug-likeness (QED) is 0.620. The lowest BCUT2D eigenvalue weighted by Gasteiger charge is -2.22. The fourth-order valence-electron chi connectivity index (χ4n) is 3.38. The van der Waals surface area contributed by atoms with E-state index in [9.17, 15) is 0 Å². The Morgan fingerprint density at radius 2 is 1.57 bits per heavy atom. The molecule has 146 valence electrons. The molecular formula is C23H29N5. The van der Waals surface area contributed by atoms with Gasteiger partial charge in [0.15, 0.2) is 0 Å². The highest BCUT2D eigenvalue weighted by Gasteiger charge is 2.14. The van der Waals surface area contributed by atoms with Crippen molar-refractivity contribution in [3.8, 4) is 0 Å². The predicted molar refractivity (Wildman–Crippen MR) is 116 cm³/mol. The Balaban J connectivity index is 1.93. The zero-order chi connectivity index (χ0) is 20.1. The smallest absolute Gasteiger partial charge is 0.232 e. The lowest BCUT2D eigenvalue weighted by molar-refractivity contribution is 0.769. The van der Waals surface area contributed by atoms with Crippen molar-refractivity contribution >= 4 is 17.6 Å². The zero-order valence-electron chi connectivity index (χ0n) is 17.5. The largest absolute Gasteiger partial charge is 0.337 e. The van der Waals surface area contributed by atoms with E-state index in [0.717, 1.165) is 31.0 Å². The first-order valence-electron chi connectivity index (χ1n) is 9.88. The topological polar surface area (TPSA) is 53.9 Å². The fraction of sp³-hybridized carbons (Fsp3) is 0.348. The van der Waals surface area contributed by atoms with Crippen molar-refractivity contribution in [2.75, 3.05) is 16.8 Å². The number of hydrogen-bond donors (Lipinski definition) is 1.